The molecule has 1 aromatic carbocycles. The molecule has 4 aromatic rings. The molecule has 0 spiro atoms. The number of carbonyl (C=O) groups is 2. The fourth-order valence-corrected chi connectivity index (χ4v) is 8.59. The number of aromatic nitrogens is 3. The molecule has 2 saturated heterocycles. The summed E-state index contributed by atoms with van der Waals surface area (Å²) in [5.74, 6) is -0.169. The van der Waals surface area contributed by atoms with Gasteiger partial charge in [0, 0.05) is 56.1 Å². The summed E-state index contributed by atoms with van der Waals surface area (Å²) < 4.78 is 3.29. The van der Waals surface area contributed by atoms with Gasteiger partial charge in [-0.05, 0) is 68.2 Å². The van der Waals surface area contributed by atoms with Crippen LogP contribution in [0.25, 0.3) is 11.0 Å². The molecular formula is C34H39N5O4S. The number of fused-ring (bicyclic) bond motifs is 2. The fourth-order valence-electron chi connectivity index (χ4n) is 7.37. The second kappa shape index (κ2) is 11.6. The third-order valence-electron chi connectivity index (χ3n) is 9.97. The smallest absolute Gasteiger partial charge is 0.263 e. The molecule has 2 amide bonds. The van der Waals surface area contributed by atoms with Gasteiger partial charge in [0.05, 0.1) is 22.4 Å². The van der Waals surface area contributed by atoms with E-state index in [2.05, 4.69) is 23.2 Å². The van der Waals surface area contributed by atoms with Gasteiger partial charge >= 0.3 is 0 Å². The summed E-state index contributed by atoms with van der Waals surface area (Å²) in [7, 11) is 1.85. The summed E-state index contributed by atoms with van der Waals surface area (Å²) in [5, 5.41) is 12.0. The SMILES string of the molecule is Cn1ccc2c(=O)n(CC3(O)CCN(C(=O)[C@@H]4CCN(C(=O)c5cc6c(s5)CCCC6)C[C@H]4c4ccccc4)CC3)cnc21. The number of piperidine rings is 2. The van der Waals surface area contributed by atoms with E-state index in [4.69, 9.17) is 0 Å². The summed E-state index contributed by atoms with van der Waals surface area (Å²) in [6.45, 7) is 2.05. The molecule has 7 rings (SSSR count). The number of benzene rings is 1. The van der Waals surface area contributed by atoms with Gasteiger partial charge in [-0.3, -0.25) is 19.0 Å². The molecule has 0 unspecified atom stereocenters. The van der Waals surface area contributed by atoms with Gasteiger partial charge in [0.15, 0.2) is 0 Å². The van der Waals surface area contributed by atoms with Crippen molar-refractivity contribution in [2.75, 3.05) is 26.2 Å². The highest BCUT2D eigenvalue weighted by atomic mass is 32.1. The minimum atomic E-state index is -1.10. The number of aliphatic hydroxyl groups is 1. The minimum Gasteiger partial charge on any atom is -0.388 e. The van der Waals surface area contributed by atoms with Gasteiger partial charge in [-0.25, -0.2) is 4.98 Å². The van der Waals surface area contributed by atoms with Crippen LogP contribution in [0.5, 0.6) is 0 Å². The molecule has 3 aromatic heterocycles. The maximum atomic E-state index is 14.1. The van der Waals surface area contributed by atoms with Crippen molar-refractivity contribution in [2.45, 2.75) is 63.0 Å². The van der Waals surface area contributed by atoms with Crippen LogP contribution in [0.1, 0.15) is 63.7 Å². The fraction of sp³-hybridized carbons (Fsp3) is 0.471. The Kier molecular flexibility index (Phi) is 7.66. The summed E-state index contributed by atoms with van der Waals surface area (Å²) in [5.41, 5.74) is 1.76. The first-order valence-electron chi connectivity index (χ1n) is 15.8. The van der Waals surface area contributed by atoms with E-state index < -0.39 is 5.60 Å². The van der Waals surface area contributed by atoms with E-state index in [0.29, 0.717) is 56.5 Å². The molecule has 0 radical (unpaired) electrons. The quantitative estimate of drug-likeness (QED) is 0.367. The Balaban J connectivity index is 1.04. The minimum absolute atomic E-state index is 0.0812. The summed E-state index contributed by atoms with van der Waals surface area (Å²) in [6, 6.07) is 13.9. The Morgan fingerprint density at radius 3 is 2.59 bits per heavy atom. The third kappa shape index (κ3) is 5.38. The largest absolute Gasteiger partial charge is 0.388 e. The van der Waals surface area contributed by atoms with Gasteiger partial charge in [0.2, 0.25) is 5.91 Å². The Morgan fingerprint density at radius 2 is 1.82 bits per heavy atom. The Bertz CT molecular complexity index is 1730. The summed E-state index contributed by atoms with van der Waals surface area (Å²) in [4.78, 5) is 51.2. The first-order valence-corrected chi connectivity index (χ1v) is 16.6. The molecule has 1 N–H and O–H groups in total. The van der Waals surface area contributed by atoms with Crippen molar-refractivity contribution in [3.05, 3.63) is 86.2 Å². The van der Waals surface area contributed by atoms with Crippen LogP contribution in [-0.2, 0) is 31.2 Å². The van der Waals surface area contributed by atoms with Crippen molar-refractivity contribution in [1.82, 2.24) is 23.9 Å². The summed E-state index contributed by atoms with van der Waals surface area (Å²) in [6.07, 6.45) is 9.19. The molecule has 2 fully saturated rings. The van der Waals surface area contributed by atoms with Gasteiger partial charge in [-0.1, -0.05) is 30.3 Å². The number of hydrogen-bond acceptors (Lipinski definition) is 6. The maximum Gasteiger partial charge on any atom is 0.263 e. The first kappa shape index (κ1) is 29.0. The number of thiophene rings is 1. The molecule has 2 aliphatic heterocycles. The lowest BCUT2D eigenvalue weighted by atomic mass is 9.79. The van der Waals surface area contributed by atoms with Crippen LogP contribution in [0.4, 0.5) is 0 Å². The van der Waals surface area contributed by atoms with Gasteiger partial charge in [-0.15, -0.1) is 11.3 Å². The van der Waals surface area contributed by atoms with Crippen LogP contribution < -0.4 is 5.56 Å². The first-order chi connectivity index (χ1) is 21.3. The van der Waals surface area contributed by atoms with E-state index in [0.717, 1.165) is 23.3 Å². The number of amides is 2. The Hall–Kier alpha value is -3.76. The maximum absolute atomic E-state index is 14.1. The Morgan fingerprint density at radius 1 is 1.05 bits per heavy atom. The van der Waals surface area contributed by atoms with Crippen molar-refractivity contribution in [1.29, 1.82) is 0 Å². The van der Waals surface area contributed by atoms with Crippen LogP contribution in [0, 0.1) is 5.92 Å². The molecular weight excluding hydrogens is 574 g/mol. The highest BCUT2D eigenvalue weighted by molar-refractivity contribution is 7.14. The predicted molar refractivity (Wildman–Crippen MR) is 170 cm³/mol. The molecule has 9 nitrogen and oxygen atoms in total. The number of nitrogens with zero attached hydrogens (tertiary/aromatic N) is 5. The third-order valence-corrected chi connectivity index (χ3v) is 11.2. The van der Waals surface area contributed by atoms with Crippen molar-refractivity contribution >= 4 is 34.2 Å². The molecule has 10 heteroatoms. The molecule has 5 heterocycles. The molecule has 2 atom stereocenters. The van der Waals surface area contributed by atoms with Gasteiger partial charge < -0.3 is 19.5 Å². The average molecular weight is 614 g/mol. The van der Waals surface area contributed by atoms with E-state index in [1.807, 2.05) is 35.0 Å². The molecule has 1 aliphatic carbocycles. The van der Waals surface area contributed by atoms with Crippen molar-refractivity contribution in [2.24, 2.45) is 13.0 Å². The van der Waals surface area contributed by atoms with Crippen molar-refractivity contribution in [3.63, 3.8) is 0 Å². The lowest BCUT2D eigenvalue weighted by Crippen LogP contribution is -2.53. The zero-order valence-electron chi connectivity index (χ0n) is 25.2. The van der Waals surface area contributed by atoms with E-state index >= 15 is 0 Å². The number of aryl methyl sites for hydroxylation is 3. The summed E-state index contributed by atoms with van der Waals surface area (Å²) >= 11 is 1.65. The van der Waals surface area contributed by atoms with Gasteiger partial charge in [0.1, 0.15) is 12.0 Å². The number of hydrogen-bond donors (Lipinski definition) is 1. The van der Waals surface area contributed by atoms with Crippen molar-refractivity contribution in [3.8, 4) is 0 Å². The molecule has 0 bridgehead atoms. The number of rotatable bonds is 5. The second-order valence-corrected chi connectivity index (χ2v) is 14.0. The number of carbonyl (C=O) groups excluding carboxylic acids is 2. The lowest BCUT2D eigenvalue weighted by Gasteiger charge is -2.43. The normalized spacial score (nSPS) is 21.8. The second-order valence-electron chi connectivity index (χ2n) is 12.8. The van der Waals surface area contributed by atoms with Gasteiger partial charge in [-0.2, -0.15) is 0 Å². The molecule has 44 heavy (non-hydrogen) atoms. The highest BCUT2D eigenvalue weighted by Crippen LogP contribution is 2.37. The zero-order chi connectivity index (χ0) is 30.4. The van der Waals surface area contributed by atoms with Crippen LogP contribution in [-0.4, -0.2) is 72.6 Å². The predicted octanol–water partition coefficient (Wildman–Crippen LogP) is 3.97. The number of likely N-dealkylation sites (tertiary alicyclic amines) is 2. The molecule has 230 valence electrons. The van der Waals surface area contributed by atoms with E-state index in [1.165, 1.54) is 34.2 Å². The lowest BCUT2D eigenvalue weighted by molar-refractivity contribution is -0.142. The van der Waals surface area contributed by atoms with Crippen LogP contribution in [0.15, 0.2) is 59.8 Å². The highest BCUT2D eigenvalue weighted by Gasteiger charge is 2.42. The monoisotopic (exact) mass is 613 g/mol. The topological polar surface area (TPSA) is 101 Å². The van der Waals surface area contributed by atoms with E-state index in [9.17, 15) is 19.5 Å². The van der Waals surface area contributed by atoms with Crippen LogP contribution in [0.2, 0.25) is 0 Å². The van der Waals surface area contributed by atoms with Crippen LogP contribution in [0.3, 0.4) is 0 Å². The molecule has 3 aliphatic rings. The zero-order valence-corrected chi connectivity index (χ0v) is 26.0. The van der Waals surface area contributed by atoms with Crippen LogP contribution >= 0.6 is 11.3 Å². The van der Waals surface area contributed by atoms with Gasteiger partial charge in [0.25, 0.3) is 11.5 Å². The van der Waals surface area contributed by atoms with Crippen molar-refractivity contribution < 1.29 is 14.7 Å². The molecule has 0 saturated carbocycles. The van der Waals surface area contributed by atoms with E-state index in [-0.39, 0.29) is 35.8 Å². The standard InChI is InChI=1S/C34H39N5O4S/c1-36-15-11-26-30(36)35-22-39(32(26)41)21-34(43)13-17-37(18-14-34)31(40)25-12-16-38(20-27(25)23-7-3-2-4-8-23)33(42)29-19-24-9-5-6-10-28(24)44-29/h2-4,7-8,11,15,19,22,25,27,43H,5-6,9-10,12-14,16-18,20-21H2,1H3/t25-,27+/m1/s1. The average Bonchev–Trinajstić information content (AvgIpc) is 3.66. The van der Waals surface area contributed by atoms with E-state index in [1.54, 1.807) is 28.2 Å². The Labute approximate surface area is 260 Å².